The number of nitrogens with one attached hydrogen (secondary N) is 1. The molecule has 0 atom stereocenters. The summed E-state index contributed by atoms with van der Waals surface area (Å²) in [5.74, 6) is -0.189. The van der Waals surface area contributed by atoms with Crippen LogP contribution in [0, 0.1) is 6.92 Å². The predicted octanol–water partition coefficient (Wildman–Crippen LogP) is 3.70. The van der Waals surface area contributed by atoms with Gasteiger partial charge in [0.1, 0.15) is 10.7 Å². The zero-order valence-electron chi connectivity index (χ0n) is 16.5. The fraction of sp³-hybridized carbons (Fsp3) is 0.0952. The molecule has 10 heteroatoms. The monoisotopic (exact) mass is 435 g/mol. The number of anilines is 3. The van der Waals surface area contributed by atoms with Crippen molar-refractivity contribution in [3.05, 3.63) is 82.9 Å². The summed E-state index contributed by atoms with van der Waals surface area (Å²) in [6.07, 6.45) is 0. The molecule has 31 heavy (non-hydrogen) atoms. The van der Waals surface area contributed by atoms with Crippen LogP contribution in [-0.2, 0) is 11.3 Å². The van der Waals surface area contributed by atoms with Gasteiger partial charge >= 0.3 is 5.97 Å². The van der Waals surface area contributed by atoms with Crippen molar-refractivity contribution in [1.82, 2.24) is 24.7 Å². The van der Waals surface area contributed by atoms with Gasteiger partial charge in [-0.2, -0.15) is 20.1 Å². The van der Waals surface area contributed by atoms with Gasteiger partial charge in [-0.05, 0) is 31.2 Å². The molecule has 0 amide bonds. The lowest BCUT2D eigenvalue weighted by atomic mass is 10.2. The molecule has 156 valence electrons. The second kappa shape index (κ2) is 8.80. The van der Waals surface area contributed by atoms with Crippen molar-refractivity contribution < 1.29 is 9.53 Å². The van der Waals surface area contributed by atoms with E-state index in [1.165, 1.54) is 4.68 Å². The highest BCUT2D eigenvalue weighted by atomic mass is 35.5. The molecule has 0 bridgehead atoms. The molecule has 9 nitrogen and oxygen atoms in total. The minimum absolute atomic E-state index is 0.00518. The lowest BCUT2D eigenvalue weighted by molar-refractivity contribution is 0.0461. The van der Waals surface area contributed by atoms with E-state index >= 15 is 0 Å². The van der Waals surface area contributed by atoms with Gasteiger partial charge in [-0.15, -0.1) is 0 Å². The number of nitrogens with zero attached hydrogens (tertiary/aromatic N) is 5. The van der Waals surface area contributed by atoms with Crippen molar-refractivity contribution in [2.75, 3.05) is 11.1 Å². The third-order valence-electron chi connectivity index (χ3n) is 4.27. The van der Waals surface area contributed by atoms with E-state index < -0.39 is 5.97 Å². The van der Waals surface area contributed by atoms with Crippen molar-refractivity contribution in [1.29, 1.82) is 0 Å². The van der Waals surface area contributed by atoms with E-state index in [9.17, 15) is 4.79 Å². The highest BCUT2D eigenvalue weighted by Gasteiger charge is 2.23. The Labute approximate surface area is 182 Å². The van der Waals surface area contributed by atoms with E-state index in [-0.39, 0.29) is 35.0 Å². The summed E-state index contributed by atoms with van der Waals surface area (Å²) < 4.78 is 6.85. The van der Waals surface area contributed by atoms with Crippen LogP contribution in [0.5, 0.6) is 0 Å². The fourth-order valence-electron chi connectivity index (χ4n) is 2.88. The zero-order valence-corrected chi connectivity index (χ0v) is 17.2. The van der Waals surface area contributed by atoms with Crippen LogP contribution in [0.15, 0.2) is 60.7 Å². The van der Waals surface area contributed by atoms with Crippen molar-refractivity contribution in [3.8, 4) is 5.69 Å². The van der Waals surface area contributed by atoms with Gasteiger partial charge in [0.2, 0.25) is 11.9 Å². The maximum Gasteiger partial charge on any atom is 0.343 e. The molecular weight excluding hydrogens is 418 g/mol. The van der Waals surface area contributed by atoms with Crippen LogP contribution in [0.3, 0.4) is 0 Å². The molecule has 4 rings (SSSR count). The van der Waals surface area contributed by atoms with Crippen LogP contribution in [0.2, 0.25) is 5.15 Å². The Kier molecular flexibility index (Phi) is 5.76. The minimum atomic E-state index is -0.638. The normalized spacial score (nSPS) is 10.6. The van der Waals surface area contributed by atoms with Gasteiger partial charge in [0.25, 0.3) is 0 Å². The molecule has 2 heterocycles. The maximum absolute atomic E-state index is 12.7. The quantitative estimate of drug-likeness (QED) is 0.440. The second-order valence-corrected chi connectivity index (χ2v) is 6.86. The second-order valence-electron chi connectivity index (χ2n) is 6.50. The first-order valence-corrected chi connectivity index (χ1v) is 9.69. The Bertz CT molecular complexity index is 1210. The third-order valence-corrected chi connectivity index (χ3v) is 4.62. The number of carbonyl (C=O) groups excluding carboxylic acids is 1. The third kappa shape index (κ3) is 4.62. The minimum Gasteiger partial charge on any atom is -0.454 e. The number of nitrogens with two attached hydrogens (primary N) is 1. The topological polar surface area (TPSA) is 121 Å². The number of hydrogen-bond acceptors (Lipinski definition) is 8. The van der Waals surface area contributed by atoms with E-state index in [0.717, 1.165) is 11.4 Å². The van der Waals surface area contributed by atoms with Gasteiger partial charge in [0, 0.05) is 5.69 Å². The van der Waals surface area contributed by atoms with Crippen molar-refractivity contribution in [3.63, 3.8) is 0 Å². The molecule has 0 aliphatic heterocycles. The fourth-order valence-corrected chi connectivity index (χ4v) is 3.23. The molecule has 0 spiro atoms. The predicted molar refractivity (Wildman–Crippen MR) is 116 cm³/mol. The summed E-state index contributed by atoms with van der Waals surface area (Å²) in [5, 5.41) is 7.53. The number of aromatic nitrogens is 5. The van der Waals surface area contributed by atoms with Crippen LogP contribution < -0.4 is 11.1 Å². The summed E-state index contributed by atoms with van der Waals surface area (Å²) in [4.78, 5) is 25.0. The van der Waals surface area contributed by atoms with Gasteiger partial charge in [-0.25, -0.2) is 9.48 Å². The Morgan fingerprint density at radius 3 is 2.45 bits per heavy atom. The smallest absolute Gasteiger partial charge is 0.343 e. The Hall–Kier alpha value is -3.98. The molecule has 0 unspecified atom stereocenters. The number of hydrogen-bond donors (Lipinski definition) is 2. The molecule has 2 aromatic carbocycles. The summed E-state index contributed by atoms with van der Waals surface area (Å²) >= 11 is 6.41. The number of carbonyl (C=O) groups is 1. The summed E-state index contributed by atoms with van der Waals surface area (Å²) in [6.45, 7) is 1.48. The number of rotatable bonds is 6. The van der Waals surface area contributed by atoms with Gasteiger partial charge in [-0.1, -0.05) is 48.0 Å². The van der Waals surface area contributed by atoms with Gasteiger partial charge < -0.3 is 15.8 Å². The van der Waals surface area contributed by atoms with Crippen molar-refractivity contribution >= 4 is 35.2 Å². The average Bonchev–Trinajstić information content (AvgIpc) is 3.07. The zero-order chi connectivity index (χ0) is 21.8. The van der Waals surface area contributed by atoms with Crippen LogP contribution in [0.25, 0.3) is 5.69 Å². The lowest BCUT2D eigenvalue weighted by Gasteiger charge is -2.08. The maximum atomic E-state index is 12.7. The first-order valence-electron chi connectivity index (χ1n) is 9.31. The van der Waals surface area contributed by atoms with E-state index in [4.69, 9.17) is 22.1 Å². The average molecular weight is 436 g/mol. The molecule has 0 aliphatic rings. The number of benzene rings is 2. The Balaban J connectivity index is 1.50. The highest BCUT2D eigenvalue weighted by Crippen LogP contribution is 2.24. The van der Waals surface area contributed by atoms with Crippen molar-refractivity contribution in [2.45, 2.75) is 13.5 Å². The Morgan fingerprint density at radius 2 is 1.74 bits per heavy atom. The van der Waals surface area contributed by atoms with Crippen LogP contribution >= 0.6 is 11.6 Å². The van der Waals surface area contributed by atoms with Crippen LogP contribution in [0.4, 0.5) is 17.6 Å². The SMILES string of the molecule is Cc1nn(-c2ccccc2)c(Cl)c1C(=O)OCc1nc(N)nc(Nc2ccccc2)n1. The van der Waals surface area contributed by atoms with Gasteiger partial charge in [0.15, 0.2) is 12.4 Å². The van der Waals surface area contributed by atoms with E-state index in [1.54, 1.807) is 6.92 Å². The molecule has 0 fully saturated rings. The molecular formula is C21H18ClN7O2. The molecule has 3 N–H and O–H groups in total. The number of para-hydroxylation sites is 2. The first-order chi connectivity index (χ1) is 15.0. The number of esters is 1. The standard InChI is InChI=1S/C21H18ClN7O2/c1-13-17(18(22)29(28-13)15-10-6-3-7-11-15)19(30)31-12-16-25-20(23)27-21(26-16)24-14-8-4-2-5-9-14/h2-11H,12H2,1H3,(H3,23,24,25,26,27). The largest absolute Gasteiger partial charge is 0.454 e. The number of nitrogen functional groups attached to an aromatic ring is 1. The van der Waals surface area contributed by atoms with E-state index in [0.29, 0.717) is 5.69 Å². The summed E-state index contributed by atoms with van der Waals surface area (Å²) in [7, 11) is 0. The number of halogens is 1. The highest BCUT2D eigenvalue weighted by molar-refractivity contribution is 6.33. The van der Waals surface area contributed by atoms with E-state index in [1.807, 2.05) is 60.7 Å². The number of aryl methyl sites for hydroxylation is 1. The Morgan fingerprint density at radius 1 is 1.06 bits per heavy atom. The first kappa shape index (κ1) is 20.3. The van der Waals surface area contributed by atoms with Crippen LogP contribution in [-0.4, -0.2) is 30.7 Å². The number of ether oxygens (including phenoxy) is 1. The van der Waals surface area contributed by atoms with E-state index in [2.05, 4.69) is 25.4 Å². The molecule has 0 saturated heterocycles. The van der Waals surface area contributed by atoms with Gasteiger partial charge in [0.05, 0.1) is 11.4 Å². The van der Waals surface area contributed by atoms with Crippen molar-refractivity contribution in [2.24, 2.45) is 0 Å². The van der Waals surface area contributed by atoms with Crippen LogP contribution in [0.1, 0.15) is 21.9 Å². The molecule has 4 aromatic rings. The van der Waals surface area contributed by atoms with Gasteiger partial charge in [-0.3, -0.25) is 0 Å². The summed E-state index contributed by atoms with van der Waals surface area (Å²) in [5.41, 5.74) is 7.91. The molecule has 2 aromatic heterocycles. The lowest BCUT2D eigenvalue weighted by Crippen LogP contribution is -2.12. The molecule has 0 aliphatic carbocycles. The molecule has 0 radical (unpaired) electrons. The summed E-state index contributed by atoms with van der Waals surface area (Å²) in [6, 6.07) is 18.6. The molecule has 0 saturated carbocycles.